The highest BCUT2D eigenvalue weighted by atomic mass is 19.4. The van der Waals surface area contributed by atoms with Crippen LogP contribution in [-0.2, 0) is 9.47 Å². The minimum Gasteiger partial charge on any atom is -0.383 e. The largest absolute Gasteiger partial charge is 0.410 e. The molecule has 22 heavy (non-hydrogen) atoms. The van der Waals surface area contributed by atoms with Crippen LogP contribution in [0.25, 0.3) is 0 Å². The van der Waals surface area contributed by atoms with Gasteiger partial charge in [0, 0.05) is 20.8 Å². The van der Waals surface area contributed by atoms with Gasteiger partial charge < -0.3 is 19.3 Å². The van der Waals surface area contributed by atoms with Crippen LogP contribution in [0.4, 0.5) is 18.0 Å². The van der Waals surface area contributed by atoms with Crippen LogP contribution in [0.1, 0.15) is 26.7 Å². The maximum atomic E-state index is 13.2. The number of hydrogen-bond donors (Lipinski definition) is 0. The van der Waals surface area contributed by atoms with Crippen LogP contribution in [-0.4, -0.2) is 74.1 Å². The zero-order valence-corrected chi connectivity index (χ0v) is 13.6. The van der Waals surface area contributed by atoms with E-state index in [4.69, 9.17) is 9.47 Å². The van der Waals surface area contributed by atoms with Crippen molar-refractivity contribution < 1.29 is 27.4 Å². The summed E-state index contributed by atoms with van der Waals surface area (Å²) in [5.74, 6) is 0. The molecular weight excluding hydrogens is 301 g/mol. The molecule has 0 radical (unpaired) electrons. The molecule has 1 fully saturated rings. The van der Waals surface area contributed by atoms with E-state index < -0.39 is 23.9 Å². The average molecular weight is 326 g/mol. The summed E-state index contributed by atoms with van der Waals surface area (Å²) in [6.07, 6.45) is -3.20. The predicted octanol–water partition coefficient (Wildman–Crippen LogP) is 2.51. The molecule has 5 nitrogen and oxygen atoms in total. The van der Waals surface area contributed by atoms with E-state index in [9.17, 15) is 18.0 Å². The SMILES string of the molecule is CCC(CC)(CN1CC(C(F)(F)F)N(CCOC)C1=O)OC. The maximum absolute atomic E-state index is 13.2. The Kier molecular flexibility index (Phi) is 6.49. The monoisotopic (exact) mass is 326 g/mol. The van der Waals surface area contributed by atoms with Crippen LogP contribution in [0.15, 0.2) is 0 Å². The molecule has 0 bridgehead atoms. The van der Waals surface area contributed by atoms with Crippen molar-refractivity contribution >= 4 is 6.03 Å². The first-order valence-corrected chi connectivity index (χ1v) is 7.41. The number of carbonyl (C=O) groups excluding carboxylic acids is 1. The lowest BCUT2D eigenvalue weighted by Crippen LogP contribution is -2.46. The van der Waals surface area contributed by atoms with Crippen molar-refractivity contribution in [3.05, 3.63) is 0 Å². The third-order valence-corrected chi connectivity index (χ3v) is 4.40. The van der Waals surface area contributed by atoms with Gasteiger partial charge >= 0.3 is 12.2 Å². The highest BCUT2D eigenvalue weighted by Crippen LogP contribution is 2.32. The first-order chi connectivity index (χ1) is 10.2. The van der Waals surface area contributed by atoms with E-state index in [0.29, 0.717) is 12.8 Å². The van der Waals surface area contributed by atoms with E-state index in [1.807, 2.05) is 13.8 Å². The van der Waals surface area contributed by atoms with Gasteiger partial charge in [-0.25, -0.2) is 4.79 Å². The second-order valence-corrected chi connectivity index (χ2v) is 5.50. The van der Waals surface area contributed by atoms with Crippen LogP contribution >= 0.6 is 0 Å². The molecular formula is C14H25F3N2O3. The Balaban J connectivity index is 2.92. The van der Waals surface area contributed by atoms with Crippen LogP contribution in [0.5, 0.6) is 0 Å². The fourth-order valence-electron chi connectivity index (χ4n) is 2.73. The molecule has 0 spiro atoms. The van der Waals surface area contributed by atoms with Gasteiger partial charge in [-0.1, -0.05) is 13.8 Å². The van der Waals surface area contributed by atoms with Gasteiger partial charge in [-0.3, -0.25) is 0 Å². The topological polar surface area (TPSA) is 42.0 Å². The number of halogens is 3. The van der Waals surface area contributed by atoms with Crippen molar-refractivity contribution in [3.63, 3.8) is 0 Å². The number of hydrogen-bond acceptors (Lipinski definition) is 3. The van der Waals surface area contributed by atoms with Gasteiger partial charge in [-0.15, -0.1) is 0 Å². The van der Waals surface area contributed by atoms with Gasteiger partial charge in [-0.2, -0.15) is 13.2 Å². The predicted molar refractivity (Wildman–Crippen MR) is 75.7 cm³/mol. The van der Waals surface area contributed by atoms with E-state index in [1.165, 1.54) is 19.1 Å². The molecule has 1 aliphatic rings. The van der Waals surface area contributed by atoms with Crippen LogP contribution in [0, 0.1) is 0 Å². The molecule has 0 aromatic heterocycles. The van der Waals surface area contributed by atoms with E-state index >= 15 is 0 Å². The molecule has 2 amide bonds. The van der Waals surface area contributed by atoms with Crippen LogP contribution in [0.3, 0.4) is 0 Å². The van der Waals surface area contributed by atoms with Crippen molar-refractivity contribution in [3.8, 4) is 0 Å². The van der Waals surface area contributed by atoms with Gasteiger partial charge in [0.05, 0.1) is 25.3 Å². The van der Waals surface area contributed by atoms with E-state index in [-0.39, 0.29) is 26.2 Å². The summed E-state index contributed by atoms with van der Waals surface area (Å²) in [5, 5.41) is 0. The van der Waals surface area contributed by atoms with E-state index in [2.05, 4.69) is 0 Å². The third kappa shape index (κ3) is 4.04. The maximum Gasteiger partial charge on any atom is 0.410 e. The molecule has 1 heterocycles. The summed E-state index contributed by atoms with van der Waals surface area (Å²) in [6.45, 7) is 3.59. The zero-order chi connectivity index (χ0) is 17.0. The smallest absolute Gasteiger partial charge is 0.383 e. The molecule has 0 aliphatic carbocycles. The molecule has 1 rings (SSSR count). The molecule has 1 atom stereocenters. The van der Waals surface area contributed by atoms with Gasteiger partial charge in [-0.05, 0) is 12.8 Å². The van der Waals surface area contributed by atoms with Gasteiger partial charge in [0.15, 0.2) is 0 Å². The minimum atomic E-state index is -4.45. The van der Waals surface area contributed by atoms with Crippen molar-refractivity contribution in [2.45, 2.75) is 44.5 Å². The number of methoxy groups -OCH3 is 2. The lowest BCUT2D eigenvalue weighted by atomic mass is 9.96. The molecule has 0 saturated carbocycles. The molecule has 1 aliphatic heterocycles. The second-order valence-electron chi connectivity index (χ2n) is 5.50. The summed E-state index contributed by atoms with van der Waals surface area (Å²) < 4.78 is 49.8. The number of ether oxygens (including phenoxy) is 2. The molecule has 1 saturated heterocycles. The van der Waals surface area contributed by atoms with E-state index in [1.54, 1.807) is 0 Å². The minimum absolute atomic E-state index is 0.0726. The summed E-state index contributed by atoms with van der Waals surface area (Å²) in [4.78, 5) is 14.4. The summed E-state index contributed by atoms with van der Waals surface area (Å²) in [7, 11) is 2.92. The van der Waals surface area contributed by atoms with Crippen molar-refractivity contribution in [2.75, 3.05) is 40.5 Å². The standard InChI is InChI=1S/C14H25F3N2O3/c1-5-13(6-2,22-4)10-18-9-11(14(15,16)17)19(12(18)20)7-8-21-3/h11H,5-10H2,1-4H3. The molecule has 0 aromatic carbocycles. The number of carbonyl (C=O) groups is 1. The molecule has 0 N–H and O–H groups in total. The first-order valence-electron chi connectivity index (χ1n) is 7.41. The second kappa shape index (κ2) is 7.50. The number of amides is 2. The van der Waals surface area contributed by atoms with Crippen LogP contribution < -0.4 is 0 Å². The van der Waals surface area contributed by atoms with Crippen molar-refractivity contribution in [1.29, 1.82) is 0 Å². The van der Waals surface area contributed by atoms with Gasteiger partial charge in [0.2, 0.25) is 0 Å². The zero-order valence-electron chi connectivity index (χ0n) is 13.6. The van der Waals surface area contributed by atoms with E-state index in [0.717, 1.165) is 4.90 Å². The molecule has 130 valence electrons. The lowest BCUT2D eigenvalue weighted by Gasteiger charge is -2.34. The number of nitrogens with zero attached hydrogens (tertiary/aromatic N) is 2. The first kappa shape index (κ1) is 19.0. The van der Waals surface area contributed by atoms with Crippen LogP contribution in [0.2, 0.25) is 0 Å². The highest BCUT2D eigenvalue weighted by molar-refractivity contribution is 5.77. The average Bonchev–Trinajstić information content (AvgIpc) is 2.79. The Morgan fingerprint density at radius 2 is 1.82 bits per heavy atom. The normalized spacial score (nSPS) is 20.1. The Hall–Kier alpha value is -1.02. The highest BCUT2D eigenvalue weighted by Gasteiger charge is 2.52. The van der Waals surface area contributed by atoms with Crippen molar-refractivity contribution in [1.82, 2.24) is 9.80 Å². The Morgan fingerprint density at radius 3 is 2.23 bits per heavy atom. The quantitative estimate of drug-likeness (QED) is 0.688. The molecule has 8 heteroatoms. The third-order valence-electron chi connectivity index (χ3n) is 4.40. The fourth-order valence-corrected chi connectivity index (χ4v) is 2.73. The number of rotatable bonds is 8. The Bertz CT molecular complexity index is 365. The summed E-state index contributed by atoms with van der Waals surface area (Å²) >= 11 is 0. The van der Waals surface area contributed by atoms with Gasteiger partial charge in [0.25, 0.3) is 0 Å². The number of urea groups is 1. The Morgan fingerprint density at radius 1 is 1.23 bits per heavy atom. The fraction of sp³-hybridized carbons (Fsp3) is 0.929. The van der Waals surface area contributed by atoms with Crippen molar-refractivity contribution in [2.24, 2.45) is 0 Å². The van der Waals surface area contributed by atoms with Gasteiger partial charge in [0.1, 0.15) is 6.04 Å². The summed E-state index contributed by atoms with van der Waals surface area (Å²) in [6, 6.07) is -2.40. The molecule has 0 aromatic rings. The summed E-state index contributed by atoms with van der Waals surface area (Å²) in [5.41, 5.74) is -0.608. The Labute approximate surface area is 129 Å². The number of alkyl halides is 3. The molecule has 1 unspecified atom stereocenters. The lowest BCUT2D eigenvalue weighted by molar-refractivity contribution is -0.170.